The predicted molar refractivity (Wildman–Crippen MR) is 110 cm³/mol. The Labute approximate surface area is 179 Å². The molecule has 176 valence electrons. The van der Waals surface area contributed by atoms with Gasteiger partial charge in [0.05, 0.1) is 6.26 Å². The first-order valence-electron chi connectivity index (χ1n) is 9.50. The van der Waals surface area contributed by atoms with Crippen LogP contribution in [0, 0.1) is 13.8 Å². The molecule has 0 radical (unpaired) electrons. The molecule has 1 fully saturated rings. The summed E-state index contributed by atoms with van der Waals surface area (Å²) in [4.78, 5) is 23.3. The summed E-state index contributed by atoms with van der Waals surface area (Å²) in [5.74, 6) is -2.71. The number of carbonyl (C=O) groups is 2. The molecule has 1 aromatic rings. The third-order valence-electron chi connectivity index (χ3n) is 4.64. The Balaban J connectivity index is 0.000000592. The molecule has 1 aromatic carbocycles. The number of aliphatic carboxylic acids is 1. The van der Waals surface area contributed by atoms with E-state index in [9.17, 15) is 26.4 Å². The Kier molecular flexibility index (Phi) is 9.30. The summed E-state index contributed by atoms with van der Waals surface area (Å²) < 4.78 is 56.9. The Hall–Kier alpha value is -2.34. The average Bonchev–Trinajstić information content (AvgIpc) is 2.63. The zero-order valence-corrected chi connectivity index (χ0v) is 18.6. The number of benzene rings is 1. The lowest BCUT2D eigenvalue weighted by molar-refractivity contribution is -0.192. The number of carboxylic acids is 1. The number of carbonyl (C=O) groups excluding carboxylic acids is 1. The number of anilines is 1. The maximum atomic E-state index is 12.6. The van der Waals surface area contributed by atoms with Crippen molar-refractivity contribution in [3.8, 4) is 0 Å². The maximum absolute atomic E-state index is 12.6. The van der Waals surface area contributed by atoms with Crippen molar-refractivity contribution in [1.29, 1.82) is 0 Å². The largest absolute Gasteiger partial charge is 0.490 e. The highest BCUT2D eigenvalue weighted by atomic mass is 32.2. The van der Waals surface area contributed by atoms with Crippen molar-refractivity contribution in [2.75, 3.05) is 24.7 Å². The minimum absolute atomic E-state index is 0.0514. The van der Waals surface area contributed by atoms with Crippen LogP contribution in [0.5, 0.6) is 0 Å². The van der Waals surface area contributed by atoms with E-state index in [0.717, 1.165) is 16.8 Å². The molecule has 3 N–H and O–H groups in total. The molecular weight excluding hydrogens is 439 g/mol. The molecule has 0 aliphatic carbocycles. The smallest absolute Gasteiger partial charge is 0.475 e. The number of aryl methyl sites for hydroxylation is 2. The lowest BCUT2D eigenvalue weighted by Gasteiger charge is -2.34. The number of para-hydroxylation sites is 1. The van der Waals surface area contributed by atoms with Gasteiger partial charge in [-0.05, 0) is 44.7 Å². The lowest BCUT2D eigenvalue weighted by Crippen LogP contribution is -2.49. The van der Waals surface area contributed by atoms with E-state index in [1.807, 2.05) is 43.9 Å². The molecule has 31 heavy (non-hydrogen) atoms. The Morgan fingerprint density at radius 3 is 2.00 bits per heavy atom. The summed E-state index contributed by atoms with van der Waals surface area (Å²) in [6, 6.07) is 5.65. The summed E-state index contributed by atoms with van der Waals surface area (Å²) >= 11 is 0. The highest BCUT2D eigenvalue weighted by Crippen LogP contribution is 2.21. The van der Waals surface area contributed by atoms with Gasteiger partial charge in [0.2, 0.25) is 15.9 Å². The van der Waals surface area contributed by atoms with Crippen LogP contribution in [0.25, 0.3) is 0 Å². The van der Waals surface area contributed by atoms with E-state index in [1.54, 1.807) is 0 Å². The molecule has 1 atom stereocenters. The van der Waals surface area contributed by atoms with Gasteiger partial charge in [-0.2, -0.15) is 13.2 Å². The molecular formula is C19H28F3N3O5S. The number of halogens is 3. The SMILES string of the molecule is Cc1cccc(C)c1NC(C)C(=O)N1CCC(NS(C)(=O)=O)CC1.O=C(O)C(F)(F)F. The van der Waals surface area contributed by atoms with Gasteiger partial charge in [0.15, 0.2) is 0 Å². The topological polar surface area (TPSA) is 116 Å². The van der Waals surface area contributed by atoms with Crippen LogP contribution in [0.4, 0.5) is 18.9 Å². The fourth-order valence-corrected chi connectivity index (χ4v) is 3.96. The molecule has 0 spiro atoms. The molecule has 1 heterocycles. The zero-order chi connectivity index (χ0) is 24.0. The number of carboxylic acid groups (broad SMARTS) is 1. The van der Waals surface area contributed by atoms with Gasteiger partial charge in [-0.1, -0.05) is 18.2 Å². The molecule has 12 heteroatoms. The fourth-order valence-electron chi connectivity index (χ4n) is 3.11. The summed E-state index contributed by atoms with van der Waals surface area (Å²) in [6.45, 7) is 7.06. The molecule has 0 saturated carbocycles. The highest BCUT2D eigenvalue weighted by Gasteiger charge is 2.38. The third-order valence-corrected chi connectivity index (χ3v) is 5.40. The number of piperidine rings is 1. The molecule has 1 saturated heterocycles. The lowest BCUT2D eigenvalue weighted by atomic mass is 10.0. The maximum Gasteiger partial charge on any atom is 0.490 e. The molecule has 1 aliphatic heterocycles. The van der Waals surface area contributed by atoms with Crippen molar-refractivity contribution in [3.63, 3.8) is 0 Å². The van der Waals surface area contributed by atoms with Gasteiger partial charge in [-0.15, -0.1) is 0 Å². The molecule has 1 amide bonds. The van der Waals surface area contributed by atoms with Gasteiger partial charge < -0.3 is 15.3 Å². The van der Waals surface area contributed by atoms with Crippen LogP contribution in [0.1, 0.15) is 30.9 Å². The first kappa shape index (κ1) is 26.7. The third kappa shape index (κ3) is 9.13. The zero-order valence-electron chi connectivity index (χ0n) is 17.8. The second-order valence-corrected chi connectivity index (χ2v) is 9.21. The summed E-state index contributed by atoms with van der Waals surface area (Å²) in [5, 5.41) is 10.4. The van der Waals surface area contributed by atoms with E-state index in [4.69, 9.17) is 9.90 Å². The van der Waals surface area contributed by atoms with Gasteiger partial charge in [0.25, 0.3) is 0 Å². The first-order chi connectivity index (χ1) is 14.1. The second kappa shape index (κ2) is 10.8. The molecule has 0 bridgehead atoms. The number of amides is 1. The van der Waals surface area contributed by atoms with E-state index >= 15 is 0 Å². The summed E-state index contributed by atoms with van der Waals surface area (Å²) in [6.07, 6.45) is -2.62. The Bertz CT molecular complexity index is 862. The van der Waals surface area contributed by atoms with Crippen molar-refractivity contribution >= 4 is 27.6 Å². The van der Waals surface area contributed by atoms with Crippen molar-refractivity contribution in [2.45, 2.75) is 51.9 Å². The van der Waals surface area contributed by atoms with Crippen molar-refractivity contribution in [3.05, 3.63) is 29.3 Å². The number of nitrogens with one attached hydrogen (secondary N) is 2. The van der Waals surface area contributed by atoms with E-state index in [-0.39, 0.29) is 18.0 Å². The van der Waals surface area contributed by atoms with Crippen molar-refractivity contribution < 1.29 is 36.3 Å². The number of alkyl halides is 3. The van der Waals surface area contributed by atoms with Gasteiger partial charge in [0, 0.05) is 24.8 Å². The van der Waals surface area contributed by atoms with Gasteiger partial charge in [-0.3, -0.25) is 4.79 Å². The van der Waals surface area contributed by atoms with Crippen LogP contribution in [0.3, 0.4) is 0 Å². The Morgan fingerprint density at radius 1 is 1.16 bits per heavy atom. The number of sulfonamides is 1. The van der Waals surface area contributed by atoms with Crippen molar-refractivity contribution in [1.82, 2.24) is 9.62 Å². The van der Waals surface area contributed by atoms with E-state index in [2.05, 4.69) is 10.0 Å². The molecule has 1 unspecified atom stereocenters. The van der Waals surface area contributed by atoms with E-state index < -0.39 is 22.2 Å². The van der Waals surface area contributed by atoms with Crippen LogP contribution >= 0.6 is 0 Å². The van der Waals surface area contributed by atoms with Gasteiger partial charge >= 0.3 is 12.1 Å². The normalized spacial score (nSPS) is 16.2. The summed E-state index contributed by atoms with van der Waals surface area (Å²) in [5.41, 5.74) is 3.24. The molecule has 2 rings (SSSR count). The van der Waals surface area contributed by atoms with Crippen LogP contribution in [-0.2, 0) is 19.6 Å². The molecule has 8 nitrogen and oxygen atoms in total. The minimum atomic E-state index is -5.08. The average molecular weight is 468 g/mol. The molecule has 1 aliphatic rings. The highest BCUT2D eigenvalue weighted by molar-refractivity contribution is 7.88. The standard InChI is InChI=1S/C17H27N3O3S.C2HF3O2/c1-12-6-5-7-13(2)16(12)18-14(3)17(21)20-10-8-15(9-11-20)19-24(4,22)23;3-2(4,5)1(6)7/h5-7,14-15,18-19H,8-11H2,1-4H3;(H,6,7). The van der Waals surface area contributed by atoms with Crippen molar-refractivity contribution in [2.24, 2.45) is 0 Å². The van der Waals surface area contributed by atoms with Crippen LogP contribution < -0.4 is 10.0 Å². The minimum Gasteiger partial charge on any atom is -0.475 e. The molecule has 0 aromatic heterocycles. The van der Waals surface area contributed by atoms with Gasteiger partial charge in [-0.25, -0.2) is 17.9 Å². The fraction of sp³-hybridized carbons (Fsp3) is 0.579. The Morgan fingerprint density at radius 2 is 1.61 bits per heavy atom. The number of likely N-dealkylation sites (tertiary alicyclic amines) is 1. The van der Waals surface area contributed by atoms with E-state index in [0.29, 0.717) is 25.9 Å². The number of rotatable bonds is 5. The summed E-state index contributed by atoms with van der Waals surface area (Å²) in [7, 11) is -3.19. The van der Waals surface area contributed by atoms with Crippen LogP contribution in [0.15, 0.2) is 18.2 Å². The number of hydrogen-bond donors (Lipinski definition) is 3. The predicted octanol–water partition coefficient (Wildman–Crippen LogP) is 2.28. The number of hydrogen-bond acceptors (Lipinski definition) is 5. The monoisotopic (exact) mass is 467 g/mol. The van der Waals surface area contributed by atoms with Crippen LogP contribution in [-0.4, -0.2) is 67.9 Å². The number of nitrogens with zero attached hydrogens (tertiary/aromatic N) is 1. The van der Waals surface area contributed by atoms with E-state index in [1.165, 1.54) is 6.26 Å². The quantitative estimate of drug-likeness (QED) is 0.612. The van der Waals surface area contributed by atoms with Crippen LogP contribution in [0.2, 0.25) is 0 Å². The first-order valence-corrected chi connectivity index (χ1v) is 11.4. The van der Waals surface area contributed by atoms with Gasteiger partial charge in [0.1, 0.15) is 6.04 Å². The second-order valence-electron chi connectivity index (χ2n) is 7.43.